The lowest BCUT2D eigenvalue weighted by Gasteiger charge is -2.24. The van der Waals surface area contributed by atoms with E-state index in [4.69, 9.17) is 0 Å². The molecule has 98 valence electrons. The molecule has 0 aliphatic heterocycles. The van der Waals surface area contributed by atoms with Crippen molar-refractivity contribution in [3.8, 4) is 0 Å². The lowest BCUT2D eigenvalue weighted by molar-refractivity contribution is 0.247. The summed E-state index contributed by atoms with van der Waals surface area (Å²) in [4.78, 5) is 2.50. The summed E-state index contributed by atoms with van der Waals surface area (Å²) >= 11 is 1.95. The Labute approximate surface area is 107 Å². The molecule has 16 heavy (non-hydrogen) atoms. The van der Waals surface area contributed by atoms with Crippen LogP contribution in [0, 0.1) is 0 Å². The standard InChI is InChI=1S/C13H30N2S/c1-5-14-10-7-6-8-11-15(3)13(2)9-12-16-4/h13-14H,5-12H2,1-4H3. The molecule has 0 radical (unpaired) electrons. The lowest BCUT2D eigenvalue weighted by Crippen LogP contribution is -2.30. The molecule has 3 heteroatoms. The number of hydrogen-bond acceptors (Lipinski definition) is 3. The maximum absolute atomic E-state index is 3.37. The van der Waals surface area contributed by atoms with Gasteiger partial charge in [0.2, 0.25) is 0 Å². The molecule has 0 rings (SSSR count). The van der Waals surface area contributed by atoms with Crippen molar-refractivity contribution in [2.75, 3.05) is 38.7 Å². The van der Waals surface area contributed by atoms with Gasteiger partial charge in [-0.25, -0.2) is 0 Å². The first kappa shape index (κ1) is 16.3. The Balaban J connectivity index is 3.31. The SMILES string of the molecule is CCNCCCCCN(C)C(C)CCSC. The van der Waals surface area contributed by atoms with Gasteiger partial charge < -0.3 is 10.2 Å². The van der Waals surface area contributed by atoms with Crippen LogP contribution in [0.4, 0.5) is 0 Å². The first-order valence-corrected chi connectivity index (χ1v) is 8.01. The predicted molar refractivity (Wildman–Crippen MR) is 77.5 cm³/mol. The van der Waals surface area contributed by atoms with E-state index >= 15 is 0 Å². The van der Waals surface area contributed by atoms with Gasteiger partial charge in [0.1, 0.15) is 0 Å². The Bertz CT molecular complexity index is 142. The second-order valence-electron chi connectivity index (χ2n) is 4.53. The first-order valence-electron chi connectivity index (χ1n) is 6.62. The molecule has 0 aromatic carbocycles. The third kappa shape index (κ3) is 9.49. The molecule has 0 saturated carbocycles. The summed E-state index contributed by atoms with van der Waals surface area (Å²) in [6.45, 7) is 8.05. The highest BCUT2D eigenvalue weighted by Crippen LogP contribution is 2.07. The van der Waals surface area contributed by atoms with E-state index in [1.165, 1.54) is 44.5 Å². The Morgan fingerprint density at radius 2 is 2.00 bits per heavy atom. The van der Waals surface area contributed by atoms with Gasteiger partial charge in [0.15, 0.2) is 0 Å². The van der Waals surface area contributed by atoms with Crippen LogP contribution >= 0.6 is 11.8 Å². The highest BCUT2D eigenvalue weighted by atomic mass is 32.2. The van der Waals surface area contributed by atoms with Gasteiger partial charge in [-0.15, -0.1) is 0 Å². The molecule has 1 unspecified atom stereocenters. The van der Waals surface area contributed by atoms with Crippen molar-refractivity contribution in [3.63, 3.8) is 0 Å². The molecule has 0 aromatic heterocycles. The fourth-order valence-corrected chi connectivity index (χ4v) is 2.27. The summed E-state index contributed by atoms with van der Waals surface area (Å²) in [5.41, 5.74) is 0. The lowest BCUT2D eigenvalue weighted by atomic mass is 10.2. The summed E-state index contributed by atoms with van der Waals surface area (Å²) < 4.78 is 0. The van der Waals surface area contributed by atoms with Crippen LogP contribution in [0.3, 0.4) is 0 Å². The molecule has 0 heterocycles. The van der Waals surface area contributed by atoms with Gasteiger partial charge in [0, 0.05) is 6.04 Å². The van der Waals surface area contributed by atoms with Crippen molar-refractivity contribution in [2.24, 2.45) is 0 Å². The van der Waals surface area contributed by atoms with Gasteiger partial charge in [-0.1, -0.05) is 13.3 Å². The van der Waals surface area contributed by atoms with Gasteiger partial charge in [0.05, 0.1) is 0 Å². The average molecular weight is 246 g/mol. The van der Waals surface area contributed by atoms with Crippen LogP contribution in [0.5, 0.6) is 0 Å². The van der Waals surface area contributed by atoms with Crippen LogP contribution in [0.2, 0.25) is 0 Å². The minimum atomic E-state index is 0.737. The van der Waals surface area contributed by atoms with Crippen molar-refractivity contribution < 1.29 is 0 Å². The summed E-state index contributed by atoms with van der Waals surface area (Å²) in [6.07, 6.45) is 7.52. The van der Waals surface area contributed by atoms with Crippen molar-refractivity contribution in [3.05, 3.63) is 0 Å². The molecule has 0 aliphatic carbocycles. The van der Waals surface area contributed by atoms with E-state index in [9.17, 15) is 0 Å². The van der Waals surface area contributed by atoms with E-state index < -0.39 is 0 Å². The van der Waals surface area contributed by atoms with E-state index in [-0.39, 0.29) is 0 Å². The van der Waals surface area contributed by atoms with E-state index in [1.54, 1.807) is 0 Å². The monoisotopic (exact) mass is 246 g/mol. The highest BCUT2D eigenvalue weighted by molar-refractivity contribution is 7.98. The largest absolute Gasteiger partial charge is 0.317 e. The molecule has 0 bridgehead atoms. The molecule has 1 N–H and O–H groups in total. The maximum atomic E-state index is 3.37. The van der Waals surface area contributed by atoms with Gasteiger partial charge in [-0.2, -0.15) is 11.8 Å². The normalized spacial score (nSPS) is 13.3. The fourth-order valence-electron chi connectivity index (χ4n) is 1.69. The average Bonchev–Trinajstić information content (AvgIpc) is 2.30. The maximum Gasteiger partial charge on any atom is 0.00717 e. The van der Waals surface area contributed by atoms with E-state index in [2.05, 4.69) is 37.4 Å². The Morgan fingerprint density at radius 3 is 2.62 bits per heavy atom. The van der Waals surface area contributed by atoms with Crippen molar-refractivity contribution in [1.82, 2.24) is 10.2 Å². The number of hydrogen-bond donors (Lipinski definition) is 1. The molecule has 0 amide bonds. The Hall–Kier alpha value is 0.270. The minimum absolute atomic E-state index is 0.737. The predicted octanol–water partition coefficient (Wildman–Crippen LogP) is 2.84. The zero-order chi connectivity index (χ0) is 12.2. The van der Waals surface area contributed by atoms with Gasteiger partial charge in [-0.05, 0) is 64.9 Å². The van der Waals surface area contributed by atoms with Crippen LogP contribution in [0.25, 0.3) is 0 Å². The zero-order valence-corrected chi connectivity index (χ0v) is 12.4. The fraction of sp³-hybridized carbons (Fsp3) is 1.00. The number of rotatable bonds is 11. The molecule has 1 atom stereocenters. The third-order valence-electron chi connectivity index (χ3n) is 3.11. The van der Waals surface area contributed by atoms with Gasteiger partial charge >= 0.3 is 0 Å². The van der Waals surface area contributed by atoms with Crippen LogP contribution < -0.4 is 5.32 Å². The van der Waals surface area contributed by atoms with E-state index in [0.717, 1.165) is 12.6 Å². The summed E-state index contributed by atoms with van der Waals surface area (Å²) in [5.74, 6) is 1.28. The van der Waals surface area contributed by atoms with Crippen molar-refractivity contribution in [2.45, 2.75) is 45.6 Å². The quantitative estimate of drug-likeness (QED) is 0.564. The zero-order valence-electron chi connectivity index (χ0n) is 11.6. The van der Waals surface area contributed by atoms with Crippen LogP contribution in [0.15, 0.2) is 0 Å². The molecular weight excluding hydrogens is 216 g/mol. The number of nitrogens with zero attached hydrogens (tertiary/aromatic N) is 1. The van der Waals surface area contributed by atoms with Crippen LogP contribution in [0.1, 0.15) is 39.5 Å². The minimum Gasteiger partial charge on any atom is -0.317 e. The number of nitrogens with one attached hydrogen (secondary N) is 1. The van der Waals surface area contributed by atoms with E-state index in [1.807, 2.05) is 11.8 Å². The second kappa shape index (κ2) is 11.7. The van der Waals surface area contributed by atoms with Gasteiger partial charge in [0.25, 0.3) is 0 Å². The molecule has 0 aliphatic rings. The summed E-state index contributed by atoms with van der Waals surface area (Å²) in [5, 5.41) is 3.37. The molecule has 0 spiro atoms. The number of thioether (sulfide) groups is 1. The molecule has 2 nitrogen and oxygen atoms in total. The first-order chi connectivity index (χ1) is 7.72. The Morgan fingerprint density at radius 1 is 1.25 bits per heavy atom. The molecule has 0 fully saturated rings. The molecular formula is C13H30N2S. The van der Waals surface area contributed by atoms with E-state index in [0.29, 0.717) is 0 Å². The summed E-state index contributed by atoms with van der Waals surface area (Å²) in [6, 6.07) is 0.737. The third-order valence-corrected chi connectivity index (χ3v) is 3.75. The second-order valence-corrected chi connectivity index (χ2v) is 5.51. The van der Waals surface area contributed by atoms with Crippen LogP contribution in [-0.4, -0.2) is 49.6 Å². The highest BCUT2D eigenvalue weighted by Gasteiger charge is 2.07. The number of unbranched alkanes of at least 4 members (excludes halogenated alkanes) is 2. The van der Waals surface area contributed by atoms with Crippen molar-refractivity contribution >= 4 is 11.8 Å². The summed E-state index contributed by atoms with van der Waals surface area (Å²) in [7, 11) is 2.26. The smallest absolute Gasteiger partial charge is 0.00717 e. The van der Waals surface area contributed by atoms with Gasteiger partial charge in [-0.3, -0.25) is 0 Å². The molecule has 0 aromatic rings. The topological polar surface area (TPSA) is 15.3 Å². The molecule has 0 saturated heterocycles. The van der Waals surface area contributed by atoms with Crippen molar-refractivity contribution in [1.29, 1.82) is 0 Å². The van der Waals surface area contributed by atoms with Crippen LogP contribution in [-0.2, 0) is 0 Å². The Kier molecular flexibility index (Phi) is 11.9.